The highest BCUT2D eigenvalue weighted by Gasteiger charge is 2.36. The molecule has 0 saturated heterocycles. The molecule has 2 aromatic rings. The zero-order valence-corrected chi connectivity index (χ0v) is 22.4. The van der Waals surface area contributed by atoms with Crippen molar-refractivity contribution in [3.63, 3.8) is 0 Å². The van der Waals surface area contributed by atoms with E-state index in [2.05, 4.69) is 28.1 Å². The minimum Gasteiger partial charge on any atom is -0.464 e. The lowest BCUT2D eigenvalue weighted by Gasteiger charge is -2.35. The van der Waals surface area contributed by atoms with E-state index in [1.807, 2.05) is 36.4 Å². The number of nitrogens with zero attached hydrogens (tertiary/aromatic N) is 5. The summed E-state index contributed by atoms with van der Waals surface area (Å²) in [5, 5.41) is 7.45. The lowest BCUT2D eigenvalue weighted by Crippen LogP contribution is -2.37. The summed E-state index contributed by atoms with van der Waals surface area (Å²) in [7, 11) is 3.84. The van der Waals surface area contributed by atoms with E-state index in [1.165, 1.54) is 11.3 Å². The fourth-order valence-electron chi connectivity index (χ4n) is 6.27. The highest BCUT2D eigenvalue weighted by Crippen LogP contribution is 2.41. The van der Waals surface area contributed by atoms with Gasteiger partial charge in [0.2, 0.25) is 5.91 Å². The Hall–Kier alpha value is -3.16. The van der Waals surface area contributed by atoms with Gasteiger partial charge in [-0.15, -0.1) is 0 Å². The molecule has 0 spiro atoms. The largest absolute Gasteiger partial charge is 0.464 e. The third-order valence-electron chi connectivity index (χ3n) is 8.36. The molecule has 0 aromatic carbocycles. The Bertz CT molecular complexity index is 1150. The maximum atomic E-state index is 13.0. The van der Waals surface area contributed by atoms with Crippen molar-refractivity contribution in [2.24, 2.45) is 26.9 Å². The third kappa shape index (κ3) is 5.89. The maximum absolute atomic E-state index is 13.0. The number of nitrogens with one attached hydrogen (secondary N) is 1. The minimum atomic E-state index is 0.109. The van der Waals surface area contributed by atoms with Crippen molar-refractivity contribution < 1.29 is 9.21 Å². The van der Waals surface area contributed by atoms with Crippen LogP contribution >= 0.6 is 0 Å². The number of aliphatic imine (C=N–C) groups is 2. The molecule has 2 aliphatic heterocycles. The molecule has 1 saturated carbocycles. The summed E-state index contributed by atoms with van der Waals surface area (Å²) in [6.07, 6.45) is 13.7. The van der Waals surface area contributed by atoms with Gasteiger partial charge in [0.1, 0.15) is 17.3 Å². The minimum absolute atomic E-state index is 0.109. The summed E-state index contributed by atoms with van der Waals surface area (Å²) in [5.41, 5.74) is 2.62. The van der Waals surface area contributed by atoms with Gasteiger partial charge in [0.25, 0.3) is 0 Å². The molecule has 1 N–H and O–H groups in total. The number of furan rings is 1. The Morgan fingerprint density at radius 3 is 2.81 bits per heavy atom. The van der Waals surface area contributed by atoms with Gasteiger partial charge in [-0.2, -0.15) is 5.10 Å². The maximum Gasteiger partial charge on any atom is 0.228 e. The standard InChI is InChI=1S/C29H40N6O2/c1-20-4-10-24(37-20)19-35(27(36)14-15-30-2)18-21-5-7-22(8-6-21)28-25-11-9-23(34(3)33-28)12-16-31-29-26(25)13-17-32-29/h4,10,13,15-17,21-23,25,32H,5-9,11-12,14,18-19H2,1-3H3. The molecule has 4 heterocycles. The lowest BCUT2D eigenvalue weighted by atomic mass is 9.74. The summed E-state index contributed by atoms with van der Waals surface area (Å²) in [6.45, 7) is 3.22. The van der Waals surface area contributed by atoms with Crippen molar-refractivity contribution in [1.82, 2.24) is 14.9 Å². The Kier molecular flexibility index (Phi) is 7.91. The highest BCUT2D eigenvalue weighted by atomic mass is 16.3. The van der Waals surface area contributed by atoms with Crippen LogP contribution in [0.15, 0.2) is 43.9 Å². The molecule has 37 heavy (non-hydrogen) atoms. The number of hydrogen-bond donors (Lipinski definition) is 1. The summed E-state index contributed by atoms with van der Waals surface area (Å²) >= 11 is 0. The Balaban J connectivity index is 1.28. The zero-order chi connectivity index (χ0) is 25.8. The van der Waals surface area contributed by atoms with Gasteiger partial charge in [-0.1, -0.05) is 0 Å². The van der Waals surface area contributed by atoms with Crippen LogP contribution in [0.5, 0.6) is 0 Å². The van der Waals surface area contributed by atoms with Crippen molar-refractivity contribution in [3.8, 4) is 0 Å². The van der Waals surface area contributed by atoms with E-state index in [-0.39, 0.29) is 5.91 Å². The molecule has 198 valence electrons. The molecule has 2 atom stereocenters. The Labute approximate surface area is 219 Å². The predicted octanol–water partition coefficient (Wildman–Crippen LogP) is 5.48. The van der Waals surface area contributed by atoms with Gasteiger partial charge in [-0.05, 0) is 75.5 Å². The Morgan fingerprint density at radius 1 is 1.22 bits per heavy atom. The summed E-state index contributed by atoms with van der Waals surface area (Å²) in [5.74, 6) is 4.09. The highest BCUT2D eigenvalue weighted by molar-refractivity contribution is 5.94. The third-order valence-corrected chi connectivity index (χ3v) is 8.36. The number of carbonyl (C=O) groups excluding carboxylic acids is 1. The SMILES string of the molecule is CN=CCC(=O)N(Cc1ccc(C)o1)CC1CCC(C2=NN(C)C3CC=Nc4[nH]ccc4C2CC3)CC1. The van der Waals surface area contributed by atoms with Crippen LogP contribution in [0.2, 0.25) is 0 Å². The van der Waals surface area contributed by atoms with E-state index in [0.29, 0.717) is 36.8 Å². The lowest BCUT2D eigenvalue weighted by molar-refractivity contribution is -0.131. The second kappa shape index (κ2) is 11.5. The van der Waals surface area contributed by atoms with Gasteiger partial charge < -0.3 is 19.3 Å². The van der Waals surface area contributed by atoms with Crippen molar-refractivity contribution in [2.45, 2.75) is 76.8 Å². The number of amides is 1. The predicted molar refractivity (Wildman–Crippen MR) is 148 cm³/mol. The summed E-state index contributed by atoms with van der Waals surface area (Å²) in [6, 6.07) is 6.54. The van der Waals surface area contributed by atoms with Crippen LogP contribution in [0.1, 0.15) is 74.4 Å². The molecule has 1 aliphatic carbocycles. The van der Waals surface area contributed by atoms with Gasteiger partial charge in [0.05, 0.1) is 19.0 Å². The Morgan fingerprint density at radius 2 is 2.05 bits per heavy atom. The van der Waals surface area contributed by atoms with Gasteiger partial charge in [0, 0.05) is 62.9 Å². The monoisotopic (exact) mass is 504 g/mol. The fourth-order valence-corrected chi connectivity index (χ4v) is 6.27. The van der Waals surface area contributed by atoms with Crippen molar-refractivity contribution in [3.05, 3.63) is 41.5 Å². The van der Waals surface area contributed by atoms with Crippen molar-refractivity contribution >= 4 is 29.9 Å². The number of H-pyrrole nitrogens is 1. The summed E-state index contributed by atoms with van der Waals surface area (Å²) < 4.78 is 5.80. The number of aryl methyl sites for hydroxylation is 1. The molecular weight excluding hydrogens is 464 g/mol. The second-order valence-electron chi connectivity index (χ2n) is 10.9. The first-order valence-electron chi connectivity index (χ1n) is 13.8. The number of rotatable bonds is 7. The number of aromatic amines is 1. The smallest absolute Gasteiger partial charge is 0.228 e. The van der Waals surface area contributed by atoms with Crippen molar-refractivity contribution in [1.29, 1.82) is 0 Å². The van der Waals surface area contributed by atoms with Crippen LogP contribution in [-0.2, 0) is 11.3 Å². The number of hydrazone groups is 1. The van der Waals surface area contributed by atoms with E-state index < -0.39 is 0 Å². The van der Waals surface area contributed by atoms with Gasteiger partial charge in [-0.25, -0.2) is 4.99 Å². The number of carbonyl (C=O) groups is 1. The van der Waals surface area contributed by atoms with Crippen LogP contribution in [0.3, 0.4) is 0 Å². The molecule has 8 nitrogen and oxygen atoms in total. The summed E-state index contributed by atoms with van der Waals surface area (Å²) in [4.78, 5) is 27.1. The van der Waals surface area contributed by atoms with Gasteiger partial charge in [-0.3, -0.25) is 9.80 Å². The van der Waals surface area contributed by atoms with Crippen molar-refractivity contribution in [2.75, 3.05) is 20.6 Å². The number of fused-ring (bicyclic) bond motifs is 5. The molecule has 1 fully saturated rings. The fraction of sp³-hybridized carbons (Fsp3) is 0.586. The average Bonchev–Trinajstić information content (AvgIpc) is 3.51. The van der Waals surface area contributed by atoms with Gasteiger partial charge >= 0.3 is 0 Å². The molecule has 1 amide bonds. The first kappa shape index (κ1) is 25.5. The number of hydrogen-bond acceptors (Lipinski definition) is 6. The molecule has 3 aliphatic rings. The molecular formula is C29H40N6O2. The first-order valence-corrected chi connectivity index (χ1v) is 13.8. The molecule has 8 heteroatoms. The van der Waals surface area contributed by atoms with Gasteiger partial charge in [0.15, 0.2) is 0 Å². The molecule has 2 aromatic heterocycles. The van der Waals surface area contributed by atoms with E-state index >= 15 is 0 Å². The molecule has 2 unspecified atom stereocenters. The molecule has 2 bridgehead atoms. The van der Waals surface area contributed by atoms with Crippen LogP contribution in [0.4, 0.5) is 5.82 Å². The van der Waals surface area contributed by atoms with E-state index in [9.17, 15) is 4.79 Å². The van der Waals surface area contributed by atoms with Crippen LogP contribution in [-0.4, -0.2) is 65.6 Å². The van der Waals surface area contributed by atoms with E-state index in [1.54, 1.807) is 13.3 Å². The molecule has 0 radical (unpaired) electrons. The van der Waals surface area contributed by atoms with Crippen LogP contribution < -0.4 is 0 Å². The second-order valence-corrected chi connectivity index (χ2v) is 10.9. The average molecular weight is 505 g/mol. The molecule has 5 rings (SSSR count). The normalized spacial score (nSPS) is 25.8. The van der Waals surface area contributed by atoms with E-state index in [4.69, 9.17) is 14.5 Å². The topological polar surface area (TPSA) is 89.6 Å². The quantitative estimate of drug-likeness (QED) is 0.506. The number of aromatic nitrogens is 1. The van der Waals surface area contributed by atoms with E-state index in [0.717, 1.165) is 68.8 Å². The first-order chi connectivity index (χ1) is 18.0. The van der Waals surface area contributed by atoms with Crippen LogP contribution in [0.25, 0.3) is 0 Å². The van der Waals surface area contributed by atoms with Crippen LogP contribution in [0, 0.1) is 18.8 Å². The zero-order valence-electron chi connectivity index (χ0n) is 22.4.